The van der Waals surface area contributed by atoms with Crippen molar-refractivity contribution in [1.29, 1.82) is 0 Å². The number of benzene rings is 1. The predicted molar refractivity (Wildman–Crippen MR) is 71.9 cm³/mol. The van der Waals surface area contributed by atoms with Gasteiger partial charge in [0, 0.05) is 6.61 Å². The highest BCUT2D eigenvalue weighted by atomic mass is 35.5. The zero-order valence-electron chi connectivity index (χ0n) is 9.88. The van der Waals surface area contributed by atoms with E-state index in [9.17, 15) is 0 Å². The molecule has 1 aromatic rings. The molecule has 17 heavy (non-hydrogen) atoms. The summed E-state index contributed by atoms with van der Waals surface area (Å²) in [4.78, 5) is 0. The number of nitrogens with one attached hydrogen (secondary N) is 1. The largest absolute Gasteiger partial charge is 0.376 e. The molecular weight excluding hydrogens is 257 g/mol. The minimum atomic E-state index is 0.133. The highest BCUT2D eigenvalue weighted by Gasteiger charge is 2.28. The predicted octanol–water partition coefficient (Wildman–Crippen LogP) is 3.82. The summed E-state index contributed by atoms with van der Waals surface area (Å²) in [6.07, 6.45) is 2.39. The van der Waals surface area contributed by atoms with Crippen LogP contribution in [0.5, 0.6) is 0 Å². The summed E-state index contributed by atoms with van der Waals surface area (Å²) in [5, 5.41) is 4.68. The lowest BCUT2D eigenvalue weighted by molar-refractivity contribution is 0.0788. The number of hydrogen-bond donors (Lipinski definition) is 1. The van der Waals surface area contributed by atoms with Crippen LogP contribution in [-0.2, 0) is 4.74 Å². The molecule has 0 saturated carbocycles. The SMILES string of the molecule is CCNC(c1cccc(Cl)c1Cl)C1CCCO1. The summed E-state index contributed by atoms with van der Waals surface area (Å²) in [6, 6.07) is 5.89. The Morgan fingerprint density at radius 3 is 2.94 bits per heavy atom. The van der Waals surface area contributed by atoms with Crippen molar-refractivity contribution in [2.24, 2.45) is 0 Å². The lowest BCUT2D eigenvalue weighted by atomic mass is 9.99. The minimum Gasteiger partial charge on any atom is -0.376 e. The molecule has 1 N–H and O–H groups in total. The Morgan fingerprint density at radius 1 is 1.47 bits per heavy atom. The molecule has 0 spiro atoms. The Bertz CT molecular complexity index is 378. The van der Waals surface area contributed by atoms with Crippen LogP contribution in [-0.4, -0.2) is 19.3 Å². The van der Waals surface area contributed by atoms with Crippen molar-refractivity contribution in [1.82, 2.24) is 5.32 Å². The summed E-state index contributed by atoms with van der Waals surface area (Å²) in [6.45, 7) is 3.80. The molecule has 0 aliphatic carbocycles. The number of hydrogen-bond acceptors (Lipinski definition) is 2. The summed E-state index contributed by atoms with van der Waals surface area (Å²) in [7, 11) is 0. The van der Waals surface area contributed by atoms with Crippen LogP contribution in [0.2, 0.25) is 10.0 Å². The molecule has 2 rings (SSSR count). The van der Waals surface area contributed by atoms with E-state index in [0.29, 0.717) is 10.0 Å². The van der Waals surface area contributed by atoms with Gasteiger partial charge >= 0.3 is 0 Å². The van der Waals surface area contributed by atoms with E-state index >= 15 is 0 Å². The molecule has 0 amide bonds. The maximum absolute atomic E-state index is 6.27. The standard InChI is InChI=1S/C13H17Cl2NO/c1-2-16-13(11-7-4-8-17-11)9-5-3-6-10(14)12(9)15/h3,5-6,11,13,16H,2,4,7-8H2,1H3. The number of likely N-dealkylation sites (N-methyl/N-ethyl adjacent to an activating group) is 1. The zero-order valence-corrected chi connectivity index (χ0v) is 11.4. The maximum Gasteiger partial charge on any atom is 0.0771 e. The van der Waals surface area contributed by atoms with Crippen LogP contribution in [0.15, 0.2) is 18.2 Å². The summed E-state index contributed by atoms with van der Waals surface area (Å²) < 4.78 is 5.75. The van der Waals surface area contributed by atoms with Crippen molar-refractivity contribution in [3.63, 3.8) is 0 Å². The van der Waals surface area contributed by atoms with Gasteiger partial charge in [-0.05, 0) is 31.0 Å². The van der Waals surface area contributed by atoms with E-state index in [0.717, 1.165) is 31.6 Å². The average Bonchev–Trinajstić information content (AvgIpc) is 2.84. The Hall–Kier alpha value is -0.280. The Balaban J connectivity index is 2.27. The molecule has 2 unspecified atom stereocenters. The van der Waals surface area contributed by atoms with Crippen LogP contribution in [0, 0.1) is 0 Å². The molecule has 0 aromatic heterocycles. The second-order valence-electron chi connectivity index (χ2n) is 4.23. The van der Waals surface area contributed by atoms with Crippen LogP contribution in [0.25, 0.3) is 0 Å². The number of rotatable bonds is 4. The third-order valence-electron chi connectivity index (χ3n) is 3.08. The van der Waals surface area contributed by atoms with E-state index in [1.165, 1.54) is 0 Å². The fraction of sp³-hybridized carbons (Fsp3) is 0.538. The Kier molecular flexibility index (Phi) is 4.69. The van der Waals surface area contributed by atoms with E-state index in [4.69, 9.17) is 27.9 Å². The van der Waals surface area contributed by atoms with Gasteiger partial charge in [-0.1, -0.05) is 42.3 Å². The van der Waals surface area contributed by atoms with Gasteiger partial charge in [0.15, 0.2) is 0 Å². The van der Waals surface area contributed by atoms with Gasteiger partial charge in [0.2, 0.25) is 0 Å². The first-order valence-electron chi connectivity index (χ1n) is 6.03. The van der Waals surface area contributed by atoms with Gasteiger partial charge in [0.25, 0.3) is 0 Å². The normalized spacial score (nSPS) is 21.7. The molecule has 1 aliphatic rings. The van der Waals surface area contributed by atoms with Crippen molar-refractivity contribution in [2.75, 3.05) is 13.2 Å². The van der Waals surface area contributed by atoms with Crippen molar-refractivity contribution >= 4 is 23.2 Å². The van der Waals surface area contributed by atoms with Gasteiger partial charge in [-0.3, -0.25) is 0 Å². The highest BCUT2D eigenvalue weighted by Crippen LogP contribution is 2.34. The summed E-state index contributed by atoms with van der Waals surface area (Å²) >= 11 is 12.3. The van der Waals surface area contributed by atoms with E-state index in [1.807, 2.05) is 18.2 Å². The second kappa shape index (κ2) is 6.05. The second-order valence-corrected chi connectivity index (χ2v) is 5.02. The van der Waals surface area contributed by atoms with E-state index in [2.05, 4.69) is 12.2 Å². The van der Waals surface area contributed by atoms with Crippen LogP contribution in [0.1, 0.15) is 31.4 Å². The molecule has 4 heteroatoms. The molecule has 1 saturated heterocycles. The zero-order chi connectivity index (χ0) is 12.3. The molecular formula is C13H17Cl2NO. The Labute approximate surface area is 112 Å². The third kappa shape index (κ3) is 2.94. The molecule has 2 nitrogen and oxygen atoms in total. The third-order valence-corrected chi connectivity index (χ3v) is 3.91. The smallest absolute Gasteiger partial charge is 0.0771 e. The van der Waals surface area contributed by atoms with Crippen LogP contribution < -0.4 is 5.32 Å². The fourth-order valence-corrected chi connectivity index (χ4v) is 2.71. The summed E-state index contributed by atoms with van der Waals surface area (Å²) in [5.41, 5.74) is 1.04. The molecule has 1 aromatic carbocycles. The van der Waals surface area contributed by atoms with E-state index in [1.54, 1.807) is 0 Å². The lowest BCUT2D eigenvalue weighted by Crippen LogP contribution is -2.31. The first-order valence-corrected chi connectivity index (χ1v) is 6.78. The number of ether oxygens (including phenoxy) is 1. The van der Waals surface area contributed by atoms with Gasteiger partial charge in [-0.25, -0.2) is 0 Å². The molecule has 1 heterocycles. The highest BCUT2D eigenvalue weighted by molar-refractivity contribution is 6.42. The van der Waals surface area contributed by atoms with Crippen molar-refractivity contribution in [3.05, 3.63) is 33.8 Å². The topological polar surface area (TPSA) is 21.3 Å². The van der Waals surface area contributed by atoms with Crippen LogP contribution in [0.3, 0.4) is 0 Å². The lowest BCUT2D eigenvalue weighted by Gasteiger charge is -2.25. The fourth-order valence-electron chi connectivity index (χ4n) is 2.29. The van der Waals surface area contributed by atoms with Crippen molar-refractivity contribution in [3.8, 4) is 0 Å². The van der Waals surface area contributed by atoms with Crippen LogP contribution in [0.4, 0.5) is 0 Å². The van der Waals surface area contributed by atoms with E-state index < -0.39 is 0 Å². The monoisotopic (exact) mass is 273 g/mol. The van der Waals surface area contributed by atoms with Crippen LogP contribution >= 0.6 is 23.2 Å². The Morgan fingerprint density at radius 2 is 2.29 bits per heavy atom. The first-order chi connectivity index (χ1) is 8.24. The maximum atomic E-state index is 6.27. The number of halogens is 2. The van der Waals surface area contributed by atoms with Gasteiger partial charge in [-0.2, -0.15) is 0 Å². The summed E-state index contributed by atoms with van der Waals surface area (Å²) in [5.74, 6) is 0. The first kappa shape index (κ1) is 13.2. The quantitative estimate of drug-likeness (QED) is 0.901. The molecule has 2 atom stereocenters. The van der Waals surface area contributed by atoms with Crippen molar-refractivity contribution in [2.45, 2.75) is 31.9 Å². The van der Waals surface area contributed by atoms with E-state index in [-0.39, 0.29) is 12.1 Å². The molecule has 0 bridgehead atoms. The average molecular weight is 274 g/mol. The molecule has 94 valence electrons. The van der Waals surface area contributed by atoms with Gasteiger partial charge < -0.3 is 10.1 Å². The minimum absolute atomic E-state index is 0.133. The molecule has 0 radical (unpaired) electrons. The van der Waals surface area contributed by atoms with Gasteiger partial charge in [0.1, 0.15) is 0 Å². The van der Waals surface area contributed by atoms with Crippen molar-refractivity contribution < 1.29 is 4.74 Å². The molecule has 1 fully saturated rings. The van der Waals surface area contributed by atoms with Gasteiger partial charge in [0.05, 0.1) is 22.2 Å². The van der Waals surface area contributed by atoms with Gasteiger partial charge in [-0.15, -0.1) is 0 Å². The molecule has 1 aliphatic heterocycles.